The van der Waals surface area contributed by atoms with E-state index in [0.29, 0.717) is 24.1 Å². The maximum Gasteiger partial charge on any atom is 0.243 e. The molecule has 3 saturated heterocycles. The molecule has 3 aliphatic heterocycles. The molecule has 0 N–H and O–H groups in total. The number of piperidine rings is 2. The van der Waals surface area contributed by atoms with E-state index >= 15 is 0 Å². The Morgan fingerprint density at radius 2 is 1.89 bits per heavy atom. The predicted molar refractivity (Wildman–Crippen MR) is 106 cm³/mol. The molecular weight excluding hydrogens is 360 g/mol. The highest BCUT2D eigenvalue weighted by atomic mass is 32.2. The van der Waals surface area contributed by atoms with Crippen LogP contribution in [0.4, 0.5) is 0 Å². The van der Waals surface area contributed by atoms with Crippen LogP contribution in [0.25, 0.3) is 0 Å². The van der Waals surface area contributed by atoms with Crippen LogP contribution in [0.1, 0.15) is 39.0 Å². The van der Waals surface area contributed by atoms with E-state index in [-0.39, 0.29) is 5.41 Å². The number of rotatable bonds is 4. The topological polar surface area (TPSA) is 49.9 Å². The van der Waals surface area contributed by atoms with Crippen molar-refractivity contribution < 1.29 is 13.2 Å². The standard InChI is InChI=1S/C21H32N2O3S/c1-18-6-5-11-22(15-18)16-19-14-21(17-26-19)9-12-23(13-10-21)27(24,25)20-7-3-2-4-8-20/h2-4,7-8,18-19H,5-6,9-17H2,1H3/t18-,19-/m0/s1. The molecule has 0 aromatic heterocycles. The van der Waals surface area contributed by atoms with Crippen LogP contribution in [0, 0.1) is 11.3 Å². The molecule has 6 heteroatoms. The Hall–Kier alpha value is -0.950. The molecule has 1 aromatic rings. The number of nitrogens with zero attached hydrogens (tertiary/aromatic N) is 2. The first-order valence-electron chi connectivity index (χ1n) is 10.4. The molecule has 3 fully saturated rings. The maximum absolute atomic E-state index is 12.8. The van der Waals surface area contributed by atoms with Crippen LogP contribution in [0.2, 0.25) is 0 Å². The van der Waals surface area contributed by atoms with Crippen molar-refractivity contribution >= 4 is 10.0 Å². The summed E-state index contributed by atoms with van der Waals surface area (Å²) in [6.07, 6.45) is 5.85. The van der Waals surface area contributed by atoms with E-state index in [1.807, 2.05) is 6.07 Å². The summed E-state index contributed by atoms with van der Waals surface area (Å²) in [5, 5.41) is 0. The van der Waals surface area contributed by atoms with Crippen LogP contribution in [0.5, 0.6) is 0 Å². The first-order valence-corrected chi connectivity index (χ1v) is 11.8. The number of ether oxygens (including phenoxy) is 1. The Morgan fingerprint density at radius 1 is 1.15 bits per heavy atom. The SMILES string of the molecule is C[C@H]1CCCN(C[C@@H]2CC3(CCN(S(=O)(=O)c4ccccc4)CC3)CO2)C1. The van der Waals surface area contributed by atoms with Crippen molar-refractivity contribution in [1.29, 1.82) is 0 Å². The van der Waals surface area contributed by atoms with Crippen molar-refractivity contribution in [3.05, 3.63) is 30.3 Å². The van der Waals surface area contributed by atoms with E-state index in [1.54, 1.807) is 28.6 Å². The average Bonchev–Trinajstić information content (AvgIpc) is 3.05. The van der Waals surface area contributed by atoms with Gasteiger partial charge in [0, 0.05) is 26.2 Å². The molecule has 0 saturated carbocycles. The minimum Gasteiger partial charge on any atom is -0.376 e. The molecule has 3 heterocycles. The largest absolute Gasteiger partial charge is 0.376 e. The van der Waals surface area contributed by atoms with Gasteiger partial charge in [-0.3, -0.25) is 0 Å². The summed E-state index contributed by atoms with van der Waals surface area (Å²) in [7, 11) is -3.37. The van der Waals surface area contributed by atoms with Gasteiger partial charge < -0.3 is 9.64 Å². The van der Waals surface area contributed by atoms with Crippen molar-refractivity contribution in [1.82, 2.24) is 9.21 Å². The highest BCUT2D eigenvalue weighted by Crippen LogP contribution is 2.43. The van der Waals surface area contributed by atoms with Crippen molar-refractivity contribution in [2.24, 2.45) is 11.3 Å². The zero-order valence-corrected chi connectivity index (χ0v) is 17.2. The molecule has 1 aromatic carbocycles. The Kier molecular flexibility index (Phi) is 5.61. The van der Waals surface area contributed by atoms with Gasteiger partial charge in [0.15, 0.2) is 0 Å². The van der Waals surface area contributed by atoms with Crippen LogP contribution >= 0.6 is 0 Å². The summed E-state index contributed by atoms with van der Waals surface area (Å²) in [6.45, 7) is 7.77. The molecule has 150 valence electrons. The first kappa shape index (κ1) is 19.4. The highest BCUT2D eigenvalue weighted by molar-refractivity contribution is 7.89. The van der Waals surface area contributed by atoms with Gasteiger partial charge in [-0.2, -0.15) is 4.31 Å². The normalized spacial score (nSPS) is 30.0. The van der Waals surface area contributed by atoms with Gasteiger partial charge in [0.1, 0.15) is 0 Å². The molecule has 5 nitrogen and oxygen atoms in total. The lowest BCUT2D eigenvalue weighted by atomic mass is 9.77. The molecule has 3 aliphatic rings. The summed E-state index contributed by atoms with van der Waals surface area (Å²) in [4.78, 5) is 2.97. The zero-order chi connectivity index (χ0) is 18.9. The molecular formula is C21H32N2O3S. The predicted octanol–water partition coefficient (Wildman–Crippen LogP) is 2.98. The first-order chi connectivity index (χ1) is 13.0. The minimum atomic E-state index is -3.37. The smallest absolute Gasteiger partial charge is 0.243 e. The van der Waals surface area contributed by atoms with E-state index < -0.39 is 10.0 Å². The molecule has 0 bridgehead atoms. The van der Waals surface area contributed by atoms with E-state index in [4.69, 9.17) is 4.74 Å². The summed E-state index contributed by atoms with van der Waals surface area (Å²) < 4.78 is 33.5. The van der Waals surface area contributed by atoms with Gasteiger partial charge in [-0.1, -0.05) is 25.1 Å². The number of hydrogen-bond donors (Lipinski definition) is 0. The van der Waals surface area contributed by atoms with Crippen LogP contribution in [0.15, 0.2) is 35.2 Å². The van der Waals surface area contributed by atoms with E-state index in [2.05, 4.69) is 11.8 Å². The van der Waals surface area contributed by atoms with Gasteiger partial charge in [-0.05, 0) is 62.1 Å². The Balaban J connectivity index is 1.33. The molecule has 0 amide bonds. The highest BCUT2D eigenvalue weighted by Gasteiger charge is 2.44. The Morgan fingerprint density at radius 3 is 2.59 bits per heavy atom. The number of hydrogen-bond acceptors (Lipinski definition) is 4. The second kappa shape index (κ2) is 7.82. The quantitative estimate of drug-likeness (QED) is 0.790. The second-order valence-corrected chi connectivity index (χ2v) is 10.8. The third-order valence-electron chi connectivity index (χ3n) is 6.65. The fourth-order valence-electron chi connectivity index (χ4n) is 5.04. The van der Waals surface area contributed by atoms with Crippen molar-refractivity contribution in [3.8, 4) is 0 Å². The van der Waals surface area contributed by atoms with Crippen LogP contribution in [0.3, 0.4) is 0 Å². The van der Waals surface area contributed by atoms with Crippen LogP contribution in [-0.2, 0) is 14.8 Å². The van der Waals surface area contributed by atoms with E-state index in [0.717, 1.165) is 38.3 Å². The lowest BCUT2D eigenvalue weighted by Gasteiger charge is -2.38. The van der Waals surface area contributed by atoms with E-state index in [9.17, 15) is 8.42 Å². The summed E-state index contributed by atoms with van der Waals surface area (Å²) in [5.41, 5.74) is 0.175. The van der Waals surface area contributed by atoms with Crippen molar-refractivity contribution in [3.63, 3.8) is 0 Å². The van der Waals surface area contributed by atoms with Crippen LogP contribution in [-0.4, -0.2) is 63.1 Å². The van der Waals surface area contributed by atoms with Crippen molar-refractivity contribution in [2.75, 3.05) is 39.3 Å². The summed E-state index contributed by atoms with van der Waals surface area (Å²) >= 11 is 0. The fourth-order valence-corrected chi connectivity index (χ4v) is 6.51. The number of sulfonamides is 1. The summed E-state index contributed by atoms with van der Waals surface area (Å²) in [6, 6.07) is 8.80. The third-order valence-corrected chi connectivity index (χ3v) is 8.57. The fraction of sp³-hybridized carbons (Fsp3) is 0.714. The van der Waals surface area contributed by atoms with Gasteiger partial charge in [0.05, 0.1) is 17.6 Å². The van der Waals surface area contributed by atoms with Crippen molar-refractivity contribution in [2.45, 2.75) is 50.0 Å². The maximum atomic E-state index is 12.8. The monoisotopic (exact) mass is 392 g/mol. The Labute approximate surface area is 163 Å². The van der Waals surface area contributed by atoms with Gasteiger partial charge >= 0.3 is 0 Å². The molecule has 2 atom stereocenters. The number of benzene rings is 1. The van der Waals surface area contributed by atoms with Gasteiger partial charge in [-0.25, -0.2) is 8.42 Å². The van der Waals surface area contributed by atoms with Crippen LogP contribution < -0.4 is 0 Å². The second-order valence-electron chi connectivity index (χ2n) is 8.86. The molecule has 0 unspecified atom stereocenters. The van der Waals surface area contributed by atoms with Gasteiger partial charge in [-0.15, -0.1) is 0 Å². The third kappa shape index (κ3) is 4.24. The van der Waals surface area contributed by atoms with Gasteiger partial charge in [0.25, 0.3) is 0 Å². The molecule has 27 heavy (non-hydrogen) atoms. The molecule has 0 aliphatic carbocycles. The molecule has 4 rings (SSSR count). The van der Waals surface area contributed by atoms with E-state index in [1.165, 1.54) is 25.9 Å². The average molecular weight is 393 g/mol. The lowest BCUT2D eigenvalue weighted by Crippen LogP contribution is -2.44. The zero-order valence-electron chi connectivity index (χ0n) is 16.3. The molecule has 0 radical (unpaired) electrons. The Bertz CT molecular complexity index is 729. The van der Waals surface area contributed by atoms with Gasteiger partial charge in [0.2, 0.25) is 10.0 Å². The lowest BCUT2D eigenvalue weighted by molar-refractivity contribution is 0.0482. The minimum absolute atomic E-state index is 0.175. The number of likely N-dealkylation sites (tertiary alicyclic amines) is 1. The molecule has 1 spiro atoms. The summed E-state index contributed by atoms with van der Waals surface area (Å²) in [5.74, 6) is 0.792.